The van der Waals surface area contributed by atoms with Crippen molar-refractivity contribution in [2.45, 2.75) is 25.4 Å². The number of aromatic nitrogens is 1. The maximum absolute atomic E-state index is 12.3. The van der Waals surface area contributed by atoms with E-state index in [1.54, 1.807) is 24.2 Å². The normalized spacial score (nSPS) is 18.1. The van der Waals surface area contributed by atoms with E-state index >= 15 is 0 Å². The topological polar surface area (TPSA) is 62.7 Å². The van der Waals surface area contributed by atoms with Crippen molar-refractivity contribution in [3.63, 3.8) is 0 Å². The second kappa shape index (κ2) is 5.67. The molecule has 0 saturated carbocycles. The lowest BCUT2D eigenvalue weighted by atomic mass is 9.94. The molecule has 0 radical (unpaired) electrons. The zero-order chi connectivity index (χ0) is 13.9. The molecule has 0 aliphatic carbocycles. The van der Waals surface area contributed by atoms with Crippen molar-refractivity contribution in [3.8, 4) is 0 Å². The Bertz CT molecular complexity index is 456. The number of rotatable bonds is 3. The van der Waals surface area contributed by atoms with Gasteiger partial charge in [-0.3, -0.25) is 9.78 Å². The van der Waals surface area contributed by atoms with Crippen LogP contribution in [-0.4, -0.2) is 53.3 Å². The highest BCUT2D eigenvalue weighted by Gasteiger charge is 2.32. The molecule has 1 aromatic heterocycles. The second-order valence-corrected chi connectivity index (χ2v) is 5.17. The Labute approximate surface area is 113 Å². The van der Waals surface area contributed by atoms with Crippen LogP contribution in [0.2, 0.25) is 0 Å². The fourth-order valence-electron chi connectivity index (χ4n) is 2.31. The van der Waals surface area contributed by atoms with Gasteiger partial charge in [-0.2, -0.15) is 0 Å². The molecule has 1 fully saturated rings. The smallest absolute Gasteiger partial charge is 0.272 e. The van der Waals surface area contributed by atoms with Crippen molar-refractivity contribution in [1.82, 2.24) is 9.88 Å². The fraction of sp³-hybridized carbons (Fsp3) is 0.571. The van der Waals surface area contributed by atoms with Gasteiger partial charge in [-0.05, 0) is 18.6 Å². The number of hydrogen-bond acceptors (Lipinski definition) is 4. The van der Waals surface area contributed by atoms with Crippen LogP contribution in [-0.2, 0) is 4.74 Å². The van der Waals surface area contributed by atoms with Gasteiger partial charge < -0.3 is 14.7 Å². The Morgan fingerprint density at radius 3 is 2.84 bits per heavy atom. The molecule has 1 aliphatic heterocycles. The summed E-state index contributed by atoms with van der Waals surface area (Å²) in [7, 11) is 1.70. The van der Waals surface area contributed by atoms with Crippen LogP contribution in [0.25, 0.3) is 0 Å². The number of hydrogen-bond donors (Lipinski definition) is 1. The lowest BCUT2D eigenvalue weighted by molar-refractivity contribution is -0.0734. The lowest BCUT2D eigenvalue weighted by Gasteiger charge is -2.35. The Balaban J connectivity index is 2.05. The van der Waals surface area contributed by atoms with Crippen molar-refractivity contribution in [1.29, 1.82) is 0 Å². The van der Waals surface area contributed by atoms with Gasteiger partial charge >= 0.3 is 0 Å². The first-order valence-electron chi connectivity index (χ1n) is 6.49. The molecule has 104 valence electrons. The Kier molecular flexibility index (Phi) is 4.17. The number of carbonyl (C=O) groups is 1. The molecule has 1 aromatic rings. The summed E-state index contributed by atoms with van der Waals surface area (Å²) < 4.78 is 5.23. The van der Waals surface area contributed by atoms with E-state index in [4.69, 9.17) is 4.74 Å². The minimum atomic E-state index is -0.842. The first-order chi connectivity index (χ1) is 9.02. The molecule has 1 N–H and O–H groups in total. The summed E-state index contributed by atoms with van der Waals surface area (Å²) in [6, 6.07) is 3.66. The molecule has 1 aliphatic rings. The molecule has 0 aromatic carbocycles. The Hall–Kier alpha value is -1.46. The molecule has 0 spiro atoms. The largest absolute Gasteiger partial charge is 0.388 e. The number of likely N-dealkylation sites (N-methyl/N-ethyl adjacent to an activating group) is 1. The third-order valence-corrected chi connectivity index (χ3v) is 3.51. The number of aryl methyl sites for hydroxylation is 1. The lowest BCUT2D eigenvalue weighted by Crippen LogP contribution is -2.47. The van der Waals surface area contributed by atoms with Gasteiger partial charge in [-0.15, -0.1) is 0 Å². The van der Waals surface area contributed by atoms with Crippen LogP contribution in [0.15, 0.2) is 18.3 Å². The van der Waals surface area contributed by atoms with E-state index in [1.165, 1.54) is 0 Å². The Morgan fingerprint density at radius 2 is 2.21 bits per heavy atom. The molecule has 0 unspecified atom stereocenters. The van der Waals surface area contributed by atoms with Crippen molar-refractivity contribution in [2.24, 2.45) is 0 Å². The number of ether oxygens (including phenoxy) is 1. The minimum absolute atomic E-state index is 0.155. The minimum Gasteiger partial charge on any atom is -0.388 e. The number of aliphatic hydroxyl groups is 1. The van der Waals surface area contributed by atoms with Gasteiger partial charge in [0.25, 0.3) is 5.91 Å². The highest BCUT2D eigenvalue weighted by atomic mass is 16.5. The zero-order valence-corrected chi connectivity index (χ0v) is 11.4. The van der Waals surface area contributed by atoms with E-state index in [0.29, 0.717) is 38.3 Å². The van der Waals surface area contributed by atoms with Crippen LogP contribution in [0.4, 0.5) is 0 Å². The van der Waals surface area contributed by atoms with E-state index in [9.17, 15) is 9.90 Å². The second-order valence-electron chi connectivity index (χ2n) is 5.17. The summed E-state index contributed by atoms with van der Waals surface area (Å²) in [6.45, 7) is 3.25. The van der Waals surface area contributed by atoms with E-state index in [2.05, 4.69) is 4.98 Å². The van der Waals surface area contributed by atoms with E-state index in [0.717, 1.165) is 5.56 Å². The highest BCUT2D eigenvalue weighted by Crippen LogP contribution is 2.22. The molecular weight excluding hydrogens is 244 g/mol. The Morgan fingerprint density at radius 1 is 1.53 bits per heavy atom. The van der Waals surface area contributed by atoms with Gasteiger partial charge in [0.05, 0.1) is 5.60 Å². The van der Waals surface area contributed by atoms with Crippen molar-refractivity contribution in [2.75, 3.05) is 26.8 Å². The van der Waals surface area contributed by atoms with Gasteiger partial charge in [-0.25, -0.2) is 0 Å². The third kappa shape index (κ3) is 3.30. The molecule has 19 heavy (non-hydrogen) atoms. The van der Waals surface area contributed by atoms with E-state index < -0.39 is 5.60 Å². The summed E-state index contributed by atoms with van der Waals surface area (Å²) in [5, 5.41) is 10.4. The summed E-state index contributed by atoms with van der Waals surface area (Å²) in [5.41, 5.74) is 0.449. The standard InChI is InChI=1S/C14H20N2O3/c1-11-4-3-7-15-12(11)13(17)16(2)10-14(18)5-8-19-9-6-14/h3-4,7,18H,5-6,8-10H2,1-2H3. The molecule has 1 saturated heterocycles. The average molecular weight is 264 g/mol. The quantitative estimate of drug-likeness (QED) is 0.885. The predicted octanol–water partition coefficient (Wildman–Crippen LogP) is 1.00. The number of pyridine rings is 1. The van der Waals surface area contributed by atoms with Crippen LogP contribution < -0.4 is 0 Å². The van der Waals surface area contributed by atoms with Gasteiger partial charge in [0.15, 0.2) is 0 Å². The summed E-state index contributed by atoms with van der Waals surface area (Å²) in [5.74, 6) is -0.155. The van der Waals surface area contributed by atoms with Gasteiger partial charge in [0.1, 0.15) is 5.69 Å². The number of amides is 1. The summed E-state index contributed by atoms with van der Waals surface area (Å²) in [4.78, 5) is 18.0. The van der Waals surface area contributed by atoms with Crippen molar-refractivity contribution < 1.29 is 14.6 Å². The molecule has 2 rings (SSSR count). The average Bonchev–Trinajstić information content (AvgIpc) is 2.39. The first-order valence-corrected chi connectivity index (χ1v) is 6.49. The first kappa shape index (κ1) is 14.0. The SMILES string of the molecule is Cc1cccnc1C(=O)N(C)CC1(O)CCOCC1. The van der Waals surface area contributed by atoms with Crippen LogP contribution >= 0.6 is 0 Å². The van der Waals surface area contributed by atoms with Gasteiger partial charge in [0.2, 0.25) is 0 Å². The maximum Gasteiger partial charge on any atom is 0.272 e. The summed E-state index contributed by atoms with van der Waals surface area (Å²) in [6.07, 6.45) is 2.73. The fourth-order valence-corrected chi connectivity index (χ4v) is 2.31. The zero-order valence-electron chi connectivity index (χ0n) is 11.4. The number of carbonyl (C=O) groups excluding carboxylic acids is 1. The molecular formula is C14H20N2O3. The highest BCUT2D eigenvalue weighted by molar-refractivity contribution is 5.93. The molecule has 1 amide bonds. The van der Waals surface area contributed by atoms with Crippen LogP contribution in [0.1, 0.15) is 28.9 Å². The van der Waals surface area contributed by atoms with Crippen LogP contribution in [0.3, 0.4) is 0 Å². The number of nitrogens with zero attached hydrogens (tertiary/aromatic N) is 2. The summed E-state index contributed by atoms with van der Waals surface area (Å²) >= 11 is 0. The predicted molar refractivity (Wildman–Crippen MR) is 70.9 cm³/mol. The van der Waals surface area contributed by atoms with Crippen LogP contribution in [0.5, 0.6) is 0 Å². The molecule has 0 bridgehead atoms. The molecule has 5 heteroatoms. The molecule has 5 nitrogen and oxygen atoms in total. The monoisotopic (exact) mass is 264 g/mol. The van der Waals surface area contributed by atoms with E-state index in [-0.39, 0.29) is 5.91 Å². The van der Waals surface area contributed by atoms with Gasteiger partial charge in [0, 0.05) is 45.8 Å². The van der Waals surface area contributed by atoms with Crippen LogP contribution in [0, 0.1) is 6.92 Å². The third-order valence-electron chi connectivity index (χ3n) is 3.51. The van der Waals surface area contributed by atoms with Crippen molar-refractivity contribution >= 4 is 5.91 Å². The molecule has 0 atom stereocenters. The van der Waals surface area contributed by atoms with Crippen molar-refractivity contribution in [3.05, 3.63) is 29.6 Å². The maximum atomic E-state index is 12.3. The van der Waals surface area contributed by atoms with E-state index in [1.807, 2.05) is 13.0 Å². The van der Waals surface area contributed by atoms with Gasteiger partial charge in [-0.1, -0.05) is 6.07 Å². The molecule has 2 heterocycles.